The SMILES string of the molecule is CNCc1ccc(N2CCC(C)(C(N)=O)C2)c(C)c1. The zero-order valence-corrected chi connectivity index (χ0v) is 12.0. The summed E-state index contributed by atoms with van der Waals surface area (Å²) in [6, 6.07) is 6.49. The number of nitrogens with two attached hydrogens (primary N) is 1. The van der Waals surface area contributed by atoms with Crippen LogP contribution >= 0.6 is 0 Å². The molecule has 1 unspecified atom stereocenters. The number of rotatable bonds is 4. The molecule has 1 saturated heterocycles. The molecular weight excluding hydrogens is 238 g/mol. The average Bonchev–Trinajstić information content (AvgIpc) is 2.74. The van der Waals surface area contributed by atoms with E-state index in [1.54, 1.807) is 0 Å². The Kier molecular flexibility index (Phi) is 3.80. The van der Waals surface area contributed by atoms with Crippen LogP contribution in [0.5, 0.6) is 0 Å². The van der Waals surface area contributed by atoms with Crippen LogP contribution in [0.3, 0.4) is 0 Å². The fraction of sp³-hybridized carbons (Fsp3) is 0.533. The molecule has 1 fully saturated rings. The predicted molar refractivity (Wildman–Crippen MR) is 78.1 cm³/mol. The first-order valence-corrected chi connectivity index (χ1v) is 6.75. The summed E-state index contributed by atoms with van der Waals surface area (Å²) in [6.07, 6.45) is 0.833. The fourth-order valence-electron chi connectivity index (χ4n) is 2.75. The molecule has 1 aromatic rings. The van der Waals surface area contributed by atoms with Crippen LogP contribution in [0.15, 0.2) is 18.2 Å². The van der Waals surface area contributed by atoms with Crippen molar-refractivity contribution in [1.29, 1.82) is 0 Å². The third-order valence-electron chi connectivity index (χ3n) is 4.05. The zero-order valence-electron chi connectivity index (χ0n) is 12.0. The van der Waals surface area contributed by atoms with E-state index in [2.05, 4.69) is 35.3 Å². The topological polar surface area (TPSA) is 58.4 Å². The van der Waals surface area contributed by atoms with Crippen LogP contribution in [0.4, 0.5) is 5.69 Å². The summed E-state index contributed by atoms with van der Waals surface area (Å²) in [4.78, 5) is 13.8. The molecule has 3 N–H and O–H groups in total. The van der Waals surface area contributed by atoms with Crippen LogP contribution in [0.1, 0.15) is 24.5 Å². The van der Waals surface area contributed by atoms with Crippen LogP contribution in [0.25, 0.3) is 0 Å². The van der Waals surface area contributed by atoms with Gasteiger partial charge in [-0.1, -0.05) is 12.1 Å². The molecule has 104 valence electrons. The number of anilines is 1. The summed E-state index contributed by atoms with van der Waals surface area (Å²) in [5, 5.41) is 3.15. The Morgan fingerprint density at radius 2 is 2.26 bits per heavy atom. The highest BCUT2D eigenvalue weighted by atomic mass is 16.1. The van der Waals surface area contributed by atoms with Gasteiger partial charge in [-0.2, -0.15) is 0 Å². The van der Waals surface area contributed by atoms with E-state index in [-0.39, 0.29) is 5.91 Å². The molecule has 2 rings (SSSR count). The van der Waals surface area contributed by atoms with Gasteiger partial charge in [0, 0.05) is 25.3 Å². The molecule has 1 aliphatic rings. The average molecular weight is 261 g/mol. The maximum absolute atomic E-state index is 11.5. The first-order chi connectivity index (χ1) is 8.96. The molecule has 1 atom stereocenters. The van der Waals surface area contributed by atoms with Crippen molar-refractivity contribution >= 4 is 11.6 Å². The van der Waals surface area contributed by atoms with Crippen molar-refractivity contribution in [3.05, 3.63) is 29.3 Å². The summed E-state index contributed by atoms with van der Waals surface area (Å²) in [6.45, 7) is 6.56. The number of nitrogens with one attached hydrogen (secondary N) is 1. The molecule has 0 aliphatic carbocycles. The van der Waals surface area contributed by atoms with E-state index in [1.165, 1.54) is 16.8 Å². The molecule has 1 amide bonds. The maximum Gasteiger partial charge on any atom is 0.225 e. The lowest BCUT2D eigenvalue weighted by Gasteiger charge is -2.24. The molecule has 1 heterocycles. The summed E-state index contributed by atoms with van der Waals surface area (Å²) in [5.41, 5.74) is 8.85. The first kappa shape index (κ1) is 13.9. The lowest BCUT2D eigenvalue weighted by atomic mass is 9.89. The molecule has 0 radical (unpaired) electrons. The maximum atomic E-state index is 11.5. The molecule has 4 heteroatoms. The minimum Gasteiger partial charge on any atom is -0.370 e. The highest BCUT2D eigenvalue weighted by molar-refractivity contribution is 5.82. The Labute approximate surface area is 115 Å². The van der Waals surface area contributed by atoms with Gasteiger partial charge >= 0.3 is 0 Å². The third-order valence-corrected chi connectivity index (χ3v) is 4.05. The number of carbonyl (C=O) groups excluding carboxylic acids is 1. The number of primary amides is 1. The van der Waals surface area contributed by atoms with Crippen molar-refractivity contribution < 1.29 is 4.79 Å². The van der Waals surface area contributed by atoms with E-state index < -0.39 is 5.41 Å². The molecule has 4 nitrogen and oxygen atoms in total. The van der Waals surface area contributed by atoms with Crippen molar-refractivity contribution in [2.45, 2.75) is 26.8 Å². The Morgan fingerprint density at radius 3 is 2.79 bits per heavy atom. The van der Waals surface area contributed by atoms with E-state index in [9.17, 15) is 4.79 Å². The Bertz CT molecular complexity index is 486. The van der Waals surface area contributed by atoms with Gasteiger partial charge in [-0.05, 0) is 44.5 Å². The molecule has 1 aliphatic heterocycles. The third kappa shape index (κ3) is 2.73. The Balaban J connectivity index is 2.18. The predicted octanol–water partition coefficient (Wildman–Crippen LogP) is 1.42. The van der Waals surface area contributed by atoms with E-state index in [0.717, 1.165) is 19.5 Å². The number of hydrogen-bond donors (Lipinski definition) is 2. The van der Waals surface area contributed by atoms with Crippen LogP contribution in [0.2, 0.25) is 0 Å². The number of carbonyl (C=O) groups is 1. The summed E-state index contributed by atoms with van der Waals surface area (Å²) >= 11 is 0. The summed E-state index contributed by atoms with van der Waals surface area (Å²) < 4.78 is 0. The lowest BCUT2D eigenvalue weighted by Crippen LogP contribution is -2.37. The minimum absolute atomic E-state index is 0.195. The van der Waals surface area contributed by atoms with Crippen molar-refractivity contribution in [2.75, 3.05) is 25.0 Å². The summed E-state index contributed by atoms with van der Waals surface area (Å²) in [7, 11) is 1.95. The number of aryl methyl sites for hydroxylation is 1. The Hall–Kier alpha value is -1.55. The Morgan fingerprint density at radius 1 is 1.53 bits per heavy atom. The number of hydrogen-bond acceptors (Lipinski definition) is 3. The highest BCUT2D eigenvalue weighted by Gasteiger charge is 2.39. The van der Waals surface area contributed by atoms with Crippen LogP contribution < -0.4 is 16.0 Å². The normalized spacial score (nSPS) is 22.8. The number of nitrogens with zero attached hydrogens (tertiary/aromatic N) is 1. The quantitative estimate of drug-likeness (QED) is 0.861. The van der Waals surface area contributed by atoms with Crippen molar-refractivity contribution in [2.24, 2.45) is 11.1 Å². The smallest absolute Gasteiger partial charge is 0.225 e. The second-order valence-corrected chi connectivity index (χ2v) is 5.75. The standard InChI is InChI=1S/C15H23N3O/c1-11-8-12(9-17-3)4-5-13(11)18-7-6-15(2,10-18)14(16)19/h4-5,8,17H,6-7,9-10H2,1-3H3,(H2,16,19). The molecule has 0 spiro atoms. The van der Waals surface area contributed by atoms with Crippen LogP contribution in [-0.2, 0) is 11.3 Å². The van der Waals surface area contributed by atoms with Gasteiger partial charge in [0.05, 0.1) is 5.41 Å². The van der Waals surface area contributed by atoms with E-state index >= 15 is 0 Å². The van der Waals surface area contributed by atoms with Gasteiger partial charge in [0.2, 0.25) is 5.91 Å². The van der Waals surface area contributed by atoms with Gasteiger partial charge in [0.15, 0.2) is 0 Å². The van der Waals surface area contributed by atoms with Gasteiger partial charge in [-0.25, -0.2) is 0 Å². The lowest BCUT2D eigenvalue weighted by molar-refractivity contribution is -0.125. The van der Waals surface area contributed by atoms with Gasteiger partial charge in [-0.15, -0.1) is 0 Å². The van der Waals surface area contributed by atoms with Crippen molar-refractivity contribution in [1.82, 2.24) is 5.32 Å². The van der Waals surface area contributed by atoms with Crippen LogP contribution in [0, 0.1) is 12.3 Å². The molecular formula is C15H23N3O. The summed E-state index contributed by atoms with van der Waals surface area (Å²) in [5.74, 6) is -0.195. The van der Waals surface area contributed by atoms with Crippen LogP contribution in [-0.4, -0.2) is 26.0 Å². The molecule has 0 bridgehead atoms. The first-order valence-electron chi connectivity index (χ1n) is 6.75. The zero-order chi connectivity index (χ0) is 14.0. The van der Waals surface area contributed by atoms with Gasteiger partial charge < -0.3 is 16.0 Å². The van der Waals surface area contributed by atoms with Gasteiger partial charge in [0.1, 0.15) is 0 Å². The molecule has 0 aromatic heterocycles. The van der Waals surface area contributed by atoms with E-state index in [0.29, 0.717) is 6.54 Å². The van der Waals surface area contributed by atoms with Gasteiger partial charge in [0.25, 0.3) is 0 Å². The van der Waals surface area contributed by atoms with E-state index in [4.69, 9.17) is 5.73 Å². The molecule has 0 saturated carbocycles. The highest BCUT2D eigenvalue weighted by Crippen LogP contribution is 2.34. The second-order valence-electron chi connectivity index (χ2n) is 5.75. The fourth-order valence-corrected chi connectivity index (χ4v) is 2.75. The van der Waals surface area contributed by atoms with Crippen molar-refractivity contribution in [3.63, 3.8) is 0 Å². The van der Waals surface area contributed by atoms with Crippen molar-refractivity contribution in [3.8, 4) is 0 Å². The van der Waals surface area contributed by atoms with Gasteiger partial charge in [-0.3, -0.25) is 4.79 Å². The second kappa shape index (κ2) is 5.21. The monoisotopic (exact) mass is 261 g/mol. The minimum atomic E-state index is -0.393. The largest absolute Gasteiger partial charge is 0.370 e. The molecule has 1 aromatic carbocycles. The number of benzene rings is 1. The van der Waals surface area contributed by atoms with E-state index in [1.807, 2.05) is 14.0 Å². The number of amides is 1. The molecule has 19 heavy (non-hydrogen) atoms.